The van der Waals surface area contributed by atoms with Gasteiger partial charge in [-0.1, -0.05) is 23.8 Å². The van der Waals surface area contributed by atoms with Gasteiger partial charge in [-0.2, -0.15) is 0 Å². The number of pyridine rings is 1. The Morgan fingerprint density at radius 1 is 1.17 bits per heavy atom. The van der Waals surface area contributed by atoms with Crippen LogP contribution in [0.15, 0.2) is 48.5 Å². The van der Waals surface area contributed by atoms with E-state index < -0.39 is 5.97 Å². The molecule has 1 heterocycles. The number of aryl methyl sites for hydroxylation is 1. The van der Waals surface area contributed by atoms with E-state index in [4.69, 9.17) is 4.74 Å². The zero-order chi connectivity index (χ0) is 16.4. The van der Waals surface area contributed by atoms with Crippen LogP contribution in [0.3, 0.4) is 0 Å². The third-order valence-corrected chi connectivity index (χ3v) is 3.64. The quantitative estimate of drug-likeness (QED) is 0.780. The van der Waals surface area contributed by atoms with Gasteiger partial charge >= 0.3 is 5.97 Å². The summed E-state index contributed by atoms with van der Waals surface area (Å²) in [6.07, 6.45) is 0. The molecule has 0 saturated heterocycles. The summed E-state index contributed by atoms with van der Waals surface area (Å²) < 4.78 is 5.50. The highest BCUT2D eigenvalue weighted by Gasteiger charge is 2.13. The maximum absolute atomic E-state index is 11.6. The summed E-state index contributed by atoms with van der Waals surface area (Å²) in [5, 5.41) is 10.2. The van der Waals surface area contributed by atoms with Gasteiger partial charge in [-0.25, -0.2) is 9.78 Å². The number of aromatic carboxylic acids is 1. The maximum Gasteiger partial charge on any atom is 0.336 e. The maximum atomic E-state index is 11.6. The molecule has 0 fully saturated rings. The number of carboxylic acid groups (broad SMARTS) is 1. The lowest BCUT2D eigenvalue weighted by molar-refractivity contribution is 0.0699. The van der Waals surface area contributed by atoms with Crippen LogP contribution in [0.1, 0.15) is 22.8 Å². The van der Waals surface area contributed by atoms with Crippen molar-refractivity contribution in [2.75, 3.05) is 6.61 Å². The van der Waals surface area contributed by atoms with Crippen LogP contribution in [0.25, 0.3) is 22.2 Å². The Morgan fingerprint density at radius 2 is 2.00 bits per heavy atom. The fraction of sp³-hybridized carbons (Fsp3) is 0.158. The van der Waals surface area contributed by atoms with E-state index >= 15 is 0 Å². The minimum Gasteiger partial charge on any atom is -0.494 e. The highest BCUT2D eigenvalue weighted by molar-refractivity contribution is 6.04. The molecule has 0 aliphatic heterocycles. The molecule has 1 N–H and O–H groups in total. The number of carboxylic acids is 1. The van der Waals surface area contributed by atoms with E-state index in [0.29, 0.717) is 23.2 Å². The molecule has 0 saturated carbocycles. The van der Waals surface area contributed by atoms with Crippen LogP contribution >= 0.6 is 0 Å². The van der Waals surface area contributed by atoms with Gasteiger partial charge < -0.3 is 9.84 Å². The lowest BCUT2D eigenvalue weighted by Crippen LogP contribution is -2.00. The number of ether oxygens (including phenoxy) is 1. The van der Waals surface area contributed by atoms with Crippen molar-refractivity contribution < 1.29 is 14.6 Å². The van der Waals surface area contributed by atoms with Crippen LogP contribution in [0.4, 0.5) is 0 Å². The Morgan fingerprint density at radius 3 is 2.74 bits per heavy atom. The molecule has 0 unspecified atom stereocenters. The second kappa shape index (κ2) is 6.08. The van der Waals surface area contributed by atoms with Crippen molar-refractivity contribution in [1.29, 1.82) is 0 Å². The molecule has 4 nitrogen and oxygen atoms in total. The molecule has 0 aliphatic rings. The van der Waals surface area contributed by atoms with E-state index in [9.17, 15) is 9.90 Å². The summed E-state index contributed by atoms with van der Waals surface area (Å²) in [6.45, 7) is 4.44. The molecule has 0 aliphatic carbocycles. The van der Waals surface area contributed by atoms with Crippen molar-refractivity contribution in [3.63, 3.8) is 0 Å². The van der Waals surface area contributed by atoms with E-state index in [1.807, 2.05) is 56.3 Å². The van der Waals surface area contributed by atoms with Crippen LogP contribution in [0.2, 0.25) is 0 Å². The van der Waals surface area contributed by atoms with Crippen molar-refractivity contribution in [3.8, 4) is 17.0 Å². The highest BCUT2D eigenvalue weighted by Crippen LogP contribution is 2.27. The Labute approximate surface area is 134 Å². The number of carbonyl (C=O) groups is 1. The highest BCUT2D eigenvalue weighted by atomic mass is 16.5. The van der Waals surface area contributed by atoms with Gasteiger partial charge in [0.05, 0.1) is 23.4 Å². The Balaban J connectivity index is 2.20. The molecule has 116 valence electrons. The Bertz CT molecular complexity index is 887. The third-order valence-electron chi connectivity index (χ3n) is 3.64. The standard InChI is InChI=1S/C19H17NO3/c1-3-23-14-6-4-5-13(10-14)18-11-16(19(21)22)15-9-12(2)7-8-17(15)20-18/h4-11H,3H2,1-2H3,(H,21,22). The second-order valence-corrected chi connectivity index (χ2v) is 5.34. The molecule has 0 amide bonds. The second-order valence-electron chi connectivity index (χ2n) is 5.34. The molecule has 0 bridgehead atoms. The summed E-state index contributed by atoms with van der Waals surface area (Å²) in [4.78, 5) is 16.2. The monoisotopic (exact) mass is 307 g/mol. The molecular weight excluding hydrogens is 290 g/mol. The van der Waals surface area contributed by atoms with Crippen LogP contribution < -0.4 is 4.74 Å². The number of hydrogen-bond donors (Lipinski definition) is 1. The van der Waals surface area contributed by atoms with Gasteiger partial charge in [-0.05, 0) is 44.2 Å². The summed E-state index contributed by atoms with van der Waals surface area (Å²) >= 11 is 0. The number of hydrogen-bond acceptors (Lipinski definition) is 3. The lowest BCUT2D eigenvalue weighted by atomic mass is 10.0. The molecule has 0 radical (unpaired) electrons. The third kappa shape index (κ3) is 3.01. The topological polar surface area (TPSA) is 59.4 Å². The van der Waals surface area contributed by atoms with E-state index in [1.54, 1.807) is 6.07 Å². The van der Waals surface area contributed by atoms with E-state index in [0.717, 1.165) is 16.9 Å². The van der Waals surface area contributed by atoms with E-state index in [1.165, 1.54) is 0 Å². The predicted molar refractivity (Wildman–Crippen MR) is 90.0 cm³/mol. The van der Waals surface area contributed by atoms with Gasteiger partial charge in [0.15, 0.2) is 0 Å². The van der Waals surface area contributed by atoms with Gasteiger partial charge in [-0.3, -0.25) is 0 Å². The van der Waals surface area contributed by atoms with Gasteiger partial charge in [0, 0.05) is 10.9 Å². The first kappa shape index (κ1) is 15.0. The molecule has 4 heteroatoms. The van der Waals surface area contributed by atoms with Gasteiger partial charge in [0.25, 0.3) is 0 Å². The Hall–Kier alpha value is -2.88. The number of fused-ring (bicyclic) bond motifs is 1. The summed E-state index contributed by atoms with van der Waals surface area (Å²) in [5.74, 6) is -0.210. The summed E-state index contributed by atoms with van der Waals surface area (Å²) in [7, 11) is 0. The average Bonchev–Trinajstić information content (AvgIpc) is 2.54. The van der Waals surface area contributed by atoms with Gasteiger partial charge in [0.2, 0.25) is 0 Å². The first-order valence-corrected chi connectivity index (χ1v) is 7.46. The minimum atomic E-state index is -0.954. The first-order valence-electron chi connectivity index (χ1n) is 7.46. The molecule has 0 spiro atoms. The average molecular weight is 307 g/mol. The van der Waals surface area contributed by atoms with Crippen molar-refractivity contribution in [1.82, 2.24) is 4.98 Å². The van der Waals surface area contributed by atoms with Crippen LogP contribution in [0.5, 0.6) is 5.75 Å². The van der Waals surface area contributed by atoms with Crippen molar-refractivity contribution >= 4 is 16.9 Å². The molecule has 0 atom stereocenters. The zero-order valence-electron chi connectivity index (χ0n) is 13.0. The predicted octanol–water partition coefficient (Wildman–Crippen LogP) is 4.31. The summed E-state index contributed by atoms with van der Waals surface area (Å²) in [5.41, 5.74) is 3.40. The fourth-order valence-corrected chi connectivity index (χ4v) is 2.58. The van der Waals surface area contributed by atoms with Gasteiger partial charge in [0.1, 0.15) is 5.75 Å². The first-order chi connectivity index (χ1) is 11.1. The molecule has 3 rings (SSSR count). The van der Waals surface area contributed by atoms with Crippen molar-refractivity contribution in [3.05, 3.63) is 59.7 Å². The van der Waals surface area contributed by atoms with Crippen LogP contribution in [-0.4, -0.2) is 22.7 Å². The van der Waals surface area contributed by atoms with Crippen molar-refractivity contribution in [2.45, 2.75) is 13.8 Å². The smallest absolute Gasteiger partial charge is 0.336 e. The summed E-state index contributed by atoms with van der Waals surface area (Å²) in [6, 6.07) is 14.8. The van der Waals surface area contributed by atoms with E-state index in [-0.39, 0.29) is 5.56 Å². The molecule has 1 aromatic heterocycles. The lowest BCUT2D eigenvalue weighted by Gasteiger charge is -2.09. The largest absolute Gasteiger partial charge is 0.494 e. The Kier molecular flexibility index (Phi) is 3.98. The fourth-order valence-electron chi connectivity index (χ4n) is 2.58. The van der Waals surface area contributed by atoms with Crippen molar-refractivity contribution in [2.24, 2.45) is 0 Å². The molecule has 2 aromatic carbocycles. The number of aromatic nitrogens is 1. The number of nitrogens with zero attached hydrogens (tertiary/aromatic N) is 1. The SMILES string of the molecule is CCOc1cccc(-c2cc(C(=O)O)c3cc(C)ccc3n2)c1. The molecule has 3 aromatic rings. The normalized spacial score (nSPS) is 10.7. The zero-order valence-corrected chi connectivity index (χ0v) is 13.0. The molecular formula is C19H17NO3. The minimum absolute atomic E-state index is 0.260. The van der Waals surface area contributed by atoms with E-state index in [2.05, 4.69) is 4.98 Å². The number of rotatable bonds is 4. The van der Waals surface area contributed by atoms with Crippen LogP contribution in [0, 0.1) is 6.92 Å². The molecule has 23 heavy (non-hydrogen) atoms. The number of benzene rings is 2. The van der Waals surface area contributed by atoms with Crippen LogP contribution in [-0.2, 0) is 0 Å². The van der Waals surface area contributed by atoms with Gasteiger partial charge in [-0.15, -0.1) is 0 Å².